The van der Waals surface area contributed by atoms with E-state index >= 15 is 0 Å². The number of esters is 1. The number of halogens is 2. The van der Waals surface area contributed by atoms with Crippen LogP contribution in [0.2, 0.25) is 10.0 Å². The van der Waals surface area contributed by atoms with Crippen LogP contribution < -0.4 is 4.90 Å². The Hall–Kier alpha value is -2.46. The average molecular weight is 513 g/mol. The van der Waals surface area contributed by atoms with Gasteiger partial charge in [-0.05, 0) is 55.8 Å². The number of nitrogens with zero attached hydrogens (tertiary/aromatic N) is 2. The minimum absolute atomic E-state index is 0.0419. The molecule has 11 heteroatoms. The molecular weight excluding hydrogens is 491 g/mol. The van der Waals surface area contributed by atoms with E-state index in [1.165, 1.54) is 49.6 Å². The molecule has 2 aromatic carbocycles. The fourth-order valence-corrected chi connectivity index (χ4v) is 6.22. The highest BCUT2D eigenvalue weighted by molar-refractivity contribution is 7.89. The number of anilines is 1. The standard InChI is InChI=1S/C22H22Cl2N2O6S/c1-4-13(2)26(33(30,31)19-11-15(23)7-10-17(19)24)18-12-20(27)25(21(18)28)16-8-5-14(6-9-16)22(29)32-3/h5-11,13,18H,4,12H2,1-3H3. The summed E-state index contributed by atoms with van der Waals surface area (Å²) in [4.78, 5) is 38.5. The molecule has 2 unspecified atom stereocenters. The molecular formula is C22H22Cl2N2O6S. The molecule has 176 valence electrons. The van der Waals surface area contributed by atoms with Gasteiger partial charge in [-0.1, -0.05) is 30.1 Å². The third kappa shape index (κ3) is 4.77. The molecule has 8 nitrogen and oxygen atoms in total. The number of carbonyl (C=O) groups excluding carboxylic acids is 3. The Morgan fingerprint density at radius 3 is 2.39 bits per heavy atom. The Labute approximate surface area is 202 Å². The molecule has 1 heterocycles. The predicted molar refractivity (Wildman–Crippen MR) is 124 cm³/mol. The van der Waals surface area contributed by atoms with E-state index in [4.69, 9.17) is 23.2 Å². The molecule has 0 radical (unpaired) electrons. The zero-order chi connectivity index (χ0) is 24.5. The van der Waals surface area contributed by atoms with Crippen LogP contribution in [0.5, 0.6) is 0 Å². The normalized spacial score (nSPS) is 17.5. The molecule has 2 aromatic rings. The lowest BCUT2D eigenvalue weighted by atomic mass is 10.2. The highest BCUT2D eigenvalue weighted by atomic mass is 35.5. The van der Waals surface area contributed by atoms with E-state index in [1.54, 1.807) is 13.8 Å². The molecule has 1 aliphatic rings. The summed E-state index contributed by atoms with van der Waals surface area (Å²) in [6, 6.07) is 7.89. The van der Waals surface area contributed by atoms with E-state index in [9.17, 15) is 22.8 Å². The Kier molecular flexibility index (Phi) is 7.48. The molecule has 0 aromatic heterocycles. The van der Waals surface area contributed by atoms with Gasteiger partial charge >= 0.3 is 5.97 Å². The van der Waals surface area contributed by atoms with Gasteiger partial charge in [0.05, 0.1) is 29.8 Å². The van der Waals surface area contributed by atoms with Gasteiger partial charge in [-0.2, -0.15) is 4.31 Å². The largest absolute Gasteiger partial charge is 0.465 e. The van der Waals surface area contributed by atoms with Crippen LogP contribution in [0.1, 0.15) is 37.0 Å². The lowest BCUT2D eigenvalue weighted by Gasteiger charge is -2.32. The van der Waals surface area contributed by atoms with Gasteiger partial charge in [0.25, 0.3) is 5.91 Å². The highest BCUT2D eigenvalue weighted by Gasteiger charge is 2.48. The van der Waals surface area contributed by atoms with Crippen LogP contribution in [0, 0.1) is 0 Å². The van der Waals surface area contributed by atoms with Gasteiger partial charge in [0.15, 0.2) is 0 Å². The van der Waals surface area contributed by atoms with Gasteiger partial charge in [0, 0.05) is 11.1 Å². The fraction of sp³-hybridized carbons (Fsp3) is 0.318. The number of amides is 2. The second-order valence-corrected chi connectivity index (χ2v) is 10.1. The summed E-state index contributed by atoms with van der Waals surface area (Å²) in [5, 5.41) is 0.128. The van der Waals surface area contributed by atoms with Crippen molar-refractivity contribution >= 4 is 56.7 Å². The molecule has 1 fully saturated rings. The SMILES string of the molecule is CCC(C)N(C1CC(=O)N(c2ccc(C(=O)OC)cc2)C1=O)S(=O)(=O)c1cc(Cl)ccc1Cl. The van der Waals surface area contributed by atoms with Gasteiger partial charge in [-0.3, -0.25) is 9.59 Å². The second-order valence-electron chi connectivity index (χ2n) is 7.49. The predicted octanol–water partition coefficient (Wildman–Crippen LogP) is 3.90. The number of methoxy groups -OCH3 is 1. The summed E-state index contributed by atoms with van der Waals surface area (Å²) >= 11 is 12.2. The number of hydrogen-bond acceptors (Lipinski definition) is 6. The van der Waals surface area contributed by atoms with Crippen molar-refractivity contribution in [2.24, 2.45) is 0 Å². The fourth-order valence-electron chi connectivity index (χ4n) is 3.63. The topological polar surface area (TPSA) is 101 Å². The molecule has 2 atom stereocenters. The summed E-state index contributed by atoms with van der Waals surface area (Å²) < 4.78 is 32.9. The van der Waals surface area contributed by atoms with Crippen LogP contribution in [0.4, 0.5) is 5.69 Å². The van der Waals surface area contributed by atoms with E-state index in [0.717, 1.165) is 9.21 Å². The first-order valence-electron chi connectivity index (χ1n) is 10.1. The van der Waals surface area contributed by atoms with E-state index in [-0.39, 0.29) is 32.6 Å². The minimum atomic E-state index is -4.28. The van der Waals surface area contributed by atoms with Gasteiger partial charge in [-0.25, -0.2) is 18.1 Å². The smallest absolute Gasteiger partial charge is 0.337 e. The molecule has 0 N–H and O–H groups in total. The lowest BCUT2D eigenvalue weighted by Crippen LogP contribution is -2.49. The Balaban J connectivity index is 2.02. The first-order chi connectivity index (χ1) is 15.5. The first kappa shape index (κ1) is 25.2. The summed E-state index contributed by atoms with van der Waals surface area (Å²) in [7, 11) is -3.04. The van der Waals surface area contributed by atoms with Crippen LogP contribution in [-0.2, 0) is 24.3 Å². The van der Waals surface area contributed by atoms with Crippen LogP contribution in [0.25, 0.3) is 0 Å². The first-order valence-corrected chi connectivity index (χ1v) is 12.3. The lowest BCUT2D eigenvalue weighted by molar-refractivity contribution is -0.122. The molecule has 0 spiro atoms. The number of ether oxygens (including phenoxy) is 1. The highest BCUT2D eigenvalue weighted by Crippen LogP contribution is 2.34. The van der Waals surface area contributed by atoms with Crippen molar-refractivity contribution in [3.05, 3.63) is 58.1 Å². The molecule has 33 heavy (non-hydrogen) atoms. The third-order valence-corrected chi connectivity index (χ3v) is 8.19. The van der Waals surface area contributed by atoms with E-state index in [1.807, 2.05) is 0 Å². The van der Waals surface area contributed by atoms with Crippen molar-refractivity contribution in [3.8, 4) is 0 Å². The second kappa shape index (κ2) is 9.80. The maximum Gasteiger partial charge on any atom is 0.337 e. The van der Waals surface area contributed by atoms with Crippen molar-refractivity contribution in [1.29, 1.82) is 0 Å². The van der Waals surface area contributed by atoms with E-state index in [0.29, 0.717) is 6.42 Å². The molecule has 0 saturated carbocycles. The average Bonchev–Trinajstić information content (AvgIpc) is 3.07. The van der Waals surface area contributed by atoms with Crippen LogP contribution in [-0.4, -0.2) is 49.7 Å². The minimum Gasteiger partial charge on any atom is -0.465 e. The Bertz CT molecular complexity index is 1200. The number of hydrogen-bond donors (Lipinski definition) is 0. The van der Waals surface area contributed by atoms with Crippen molar-refractivity contribution in [1.82, 2.24) is 4.31 Å². The molecule has 1 saturated heterocycles. The molecule has 2 amide bonds. The van der Waals surface area contributed by atoms with E-state index < -0.39 is 39.9 Å². The number of imide groups is 1. The molecule has 0 aliphatic carbocycles. The van der Waals surface area contributed by atoms with Crippen molar-refractivity contribution in [3.63, 3.8) is 0 Å². The molecule has 1 aliphatic heterocycles. The quantitative estimate of drug-likeness (QED) is 0.411. The monoisotopic (exact) mass is 512 g/mol. The van der Waals surface area contributed by atoms with Gasteiger partial charge in [-0.15, -0.1) is 0 Å². The zero-order valence-electron chi connectivity index (χ0n) is 18.1. The van der Waals surface area contributed by atoms with Gasteiger partial charge in [0.1, 0.15) is 10.9 Å². The van der Waals surface area contributed by atoms with Crippen molar-refractivity contribution in [2.75, 3.05) is 12.0 Å². The van der Waals surface area contributed by atoms with Gasteiger partial charge in [0.2, 0.25) is 15.9 Å². The zero-order valence-corrected chi connectivity index (χ0v) is 20.4. The molecule has 3 rings (SSSR count). The summed E-state index contributed by atoms with van der Waals surface area (Å²) in [6.45, 7) is 3.43. The number of rotatable bonds is 7. The third-order valence-electron chi connectivity index (χ3n) is 5.45. The number of sulfonamides is 1. The number of benzene rings is 2. The molecule has 0 bridgehead atoms. The van der Waals surface area contributed by atoms with Crippen LogP contribution >= 0.6 is 23.2 Å². The van der Waals surface area contributed by atoms with Crippen LogP contribution in [0.15, 0.2) is 47.4 Å². The summed E-state index contributed by atoms with van der Waals surface area (Å²) in [5.41, 5.74) is 0.471. The van der Waals surface area contributed by atoms with Gasteiger partial charge < -0.3 is 4.74 Å². The van der Waals surface area contributed by atoms with Crippen molar-refractivity contribution in [2.45, 2.75) is 43.7 Å². The summed E-state index contributed by atoms with van der Waals surface area (Å²) in [5.74, 6) is -1.81. The van der Waals surface area contributed by atoms with Crippen molar-refractivity contribution < 1.29 is 27.5 Å². The van der Waals surface area contributed by atoms with Crippen LogP contribution in [0.3, 0.4) is 0 Å². The number of carbonyl (C=O) groups is 3. The Morgan fingerprint density at radius 2 is 1.82 bits per heavy atom. The maximum atomic E-state index is 13.6. The summed E-state index contributed by atoms with van der Waals surface area (Å²) in [6.07, 6.45) is 0.0581. The van der Waals surface area contributed by atoms with E-state index in [2.05, 4.69) is 4.74 Å². The maximum absolute atomic E-state index is 13.6. The Morgan fingerprint density at radius 1 is 1.18 bits per heavy atom.